The summed E-state index contributed by atoms with van der Waals surface area (Å²) >= 11 is 5.98. The van der Waals surface area contributed by atoms with Gasteiger partial charge in [-0.2, -0.15) is 0 Å². The third kappa shape index (κ3) is 2.00. The summed E-state index contributed by atoms with van der Waals surface area (Å²) in [6.07, 6.45) is 0.347. The van der Waals surface area contributed by atoms with Crippen LogP contribution in [-0.4, -0.2) is 23.5 Å². The molecule has 1 aliphatic heterocycles. The molecule has 4 nitrogen and oxygen atoms in total. The van der Waals surface area contributed by atoms with E-state index in [-0.39, 0.29) is 5.91 Å². The Bertz CT molecular complexity index is 487. The summed E-state index contributed by atoms with van der Waals surface area (Å²) in [6, 6.07) is 5.28. The van der Waals surface area contributed by atoms with E-state index in [9.17, 15) is 9.59 Å². The van der Waals surface area contributed by atoms with E-state index < -0.39 is 11.9 Å². The number of hydrogen-bond acceptors (Lipinski definition) is 2. The number of rotatable bonds is 2. The minimum atomic E-state index is -1.06. The van der Waals surface area contributed by atoms with E-state index in [2.05, 4.69) is 0 Å². The van der Waals surface area contributed by atoms with E-state index in [0.717, 1.165) is 5.56 Å². The SMILES string of the molecule is Cc1c(Cl)cccc1N1CCC(C(=O)O)C1=O. The number of carboxylic acid groups (broad SMARTS) is 1. The van der Waals surface area contributed by atoms with Crippen LogP contribution in [0.15, 0.2) is 18.2 Å². The molecule has 1 unspecified atom stereocenters. The fraction of sp³-hybridized carbons (Fsp3) is 0.333. The first-order valence-corrected chi connectivity index (χ1v) is 5.69. The second kappa shape index (κ2) is 4.37. The van der Waals surface area contributed by atoms with Gasteiger partial charge in [0.05, 0.1) is 0 Å². The molecule has 1 aliphatic rings. The van der Waals surface area contributed by atoms with Crippen molar-refractivity contribution in [3.8, 4) is 0 Å². The van der Waals surface area contributed by atoms with E-state index in [4.69, 9.17) is 16.7 Å². The predicted octanol–water partition coefficient (Wildman–Crippen LogP) is 2.09. The average molecular weight is 254 g/mol. The van der Waals surface area contributed by atoms with Gasteiger partial charge >= 0.3 is 5.97 Å². The van der Waals surface area contributed by atoms with Gasteiger partial charge in [-0.1, -0.05) is 17.7 Å². The highest BCUT2D eigenvalue weighted by Gasteiger charge is 2.38. The van der Waals surface area contributed by atoms with E-state index in [1.807, 2.05) is 6.92 Å². The molecule has 1 N–H and O–H groups in total. The molecule has 0 saturated carbocycles. The topological polar surface area (TPSA) is 57.6 Å². The third-order valence-electron chi connectivity index (χ3n) is 3.03. The van der Waals surface area contributed by atoms with Crippen molar-refractivity contribution in [2.45, 2.75) is 13.3 Å². The first-order chi connectivity index (χ1) is 8.02. The molecule has 5 heteroatoms. The summed E-state index contributed by atoms with van der Waals surface area (Å²) in [6.45, 7) is 2.25. The highest BCUT2D eigenvalue weighted by molar-refractivity contribution is 6.31. The van der Waals surface area contributed by atoms with Crippen LogP contribution in [0.2, 0.25) is 5.02 Å². The van der Waals surface area contributed by atoms with Gasteiger partial charge < -0.3 is 10.0 Å². The number of benzene rings is 1. The minimum absolute atomic E-state index is 0.347. The molecule has 0 radical (unpaired) electrons. The summed E-state index contributed by atoms with van der Waals surface area (Å²) in [5, 5.41) is 9.48. The van der Waals surface area contributed by atoms with Crippen LogP contribution in [0, 0.1) is 12.8 Å². The molecule has 1 aromatic rings. The molecule has 1 aromatic carbocycles. The maximum atomic E-state index is 11.9. The van der Waals surface area contributed by atoms with Crippen molar-refractivity contribution in [2.24, 2.45) is 5.92 Å². The Balaban J connectivity index is 2.34. The summed E-state index contributed by atoms with van der Waals surface area (Å²) in [7, 11) is 0. The van der Waals surface area contributed by atoms with E-state index >= 15 is 0 Å². The Morgan fingerprint density at radius 2 is 2.24 bits per heavy atom. The summed E-state index contributed by atoms with van der Waals surface area (Å²) in [5.74, 6) is -2.34. The molecular weight excluding hydrogens is 242 g/mol. The molecule has 90 valence electrons. The number of hydrogen-bond donors (Lipinski definition) is 1. The Morgan fingerprint density at radius 3 is 2.82 bits per heavy atom. The second-order valence-electron chi connectivity index (χ2n) is 4.05. The van der Waals surface area contributed by atoms with Crippen molar-refractivity contribution >= 4 is 29.2 Å². The zero-order valence-electron chi connectivity index (χ0n) is 9.31. The first kappa shape index (κ1) is 11.9. The fourth-order valence-electron chi connectivity index (χ4n) is 2.04. The number of nitrogens with zero attached hydrogens (tertiary/aromatic N) is 1. The lowest BCUT2D eigenvalue weighted by Gasteiger charge is -2.19. The van der Waals surface area contributed by atoms with Gasteiger partial charge in [0.2, 0.25) is 5.91 Å². The number of aliphatic carboxylic acids is 1. The molecule has 1 saturated heterocycles. The monoisotopic (exact) mass is 253 g/mol. The van der Waals surface area contributed by atoms with Crippen molar-refractivity contribution in [3.05, 3.63) is 28.8 Å². The van der Waals surface area contributed by atoms with E-state index in [1.165, 1.54) is 4.90 Å². The van der Waals surface area contributed by atoms with Gasteiger partial charge in [0, 0.05) is 17.3 Å². The van der Waals surface area contributed by atoms with Crippen LogP contribution in [0.5, 0.6) is 0 Å². The molecule has 1 atom stereocenters. The van der Waals surface area contributed by atoms with Gasteiger partial charge in [-0.3, -0.25) is 9.59 Å². The highest BCUT2D eigenvalue weighted by atomic mass is 35.5. The lowest BCUT2D eigenvalue weighted by atomic mass is 10.1. The molecule has 2 rings (SSSR count). The largest absolute Gasteiger partial charge is 0.481 e. The number of amides is 1. The van der Waals surface area contributed by atoms with Crippen LogP contribution < -0.4 is 4.90 Å². The van der Waals surface area contributed by atoms with Crippen LogP contribution >= 0.6 is 11.6 Å². The first-order valence-electron chi connectivity index (χ1n) is 5.31. The molecule has 1 amide bonds. The lowest BCUT2D eigenvalue weighted by Crippen LogP contribution is -2.30. The Kier molecular flexibility index (Phi) is 3.07. The minimum Gasteiger partial charge on any atom is -0.481 e. The number of anilines is 1. The van der Waals surface area contributed by atoms with Crippen molar-refractivity contribution in [1.82, 2.24) is 0 Å². The molecule has 0 spiro atoms. The van der Waals surface area contributed by atoms with Gasteiger partial charge in [-0.15, -0.1) is 0 Å². The lowest BCUT2D eigenvalue weighted by molar-refractivity contribution is -0.144. The highest BCUT2D eigenvalue weighted by Crippen LogP contribution is 2.31. The standard InChI is InChI=1S/C12H12ClNO3/c1-7-9(13)3-2-4-10(7)14-6-5-8(11(14)15)12(16)17/h2-4,8H,5-6H2,1H3,(H,16,17). The average Bonchev–Trinajstić information content (AvgIpc) is 2.64. The maximum absolute atomic E-state index is 11.9. The third-order valence-corrected chi connectivity index (χ3v) is 3.44. The molecule has 1 heterocycles. The van der Waals surface area contributed by atoms with Crippen LogP contribution in [-0.2, 0) is 9.59 Å². The number of carbonyl (C=O) groups excluding carboxylic acids is 1. The van der Waals surface area contributed by atoms with Crippen LogP contribution in [0.1, 0.15) is 12.0 Å². The van der Waals surface area contributed by atoms with E-state index in [1.54, 1.807) is 18.2 Å². The van der Waals surface area contributed by atoms with Crippen molar-refractivity contribution in [2.75, 3.05) is 11.4 Å². The zero-order chi connectivity index (χ0) is 12.6. The number of carbonyl (C=O) groups is 2. The molecule has 1 fully saturated rings. The van der Waals surface area contributed by atoms with Crippen molar-refractivity contribution in [1.29, 1.82) is 0 Å². The van der Waals surface area contributed by atoms with Crippen molar-refractivity contribution < 1.29 is 14.7 Å². The molecule has 17 heavy (non-hydrogen) atoms. The molecule has 0 aliphatic carbocycles. The van der Waals surface area contributed by atoms with Gasteiger partial charge in [-0.05, 0) is 31.0 Å². The van der Waals surface area contributed by atoms with E-state index in [0.29, 0.717) is 23.7 Å². The van der Waals surface area contributed by atoms with Crippen LogP contribution in [0.4, 0.5) is 5.69 Å². The summed E-state index contributed by atoms with van der Waals surface area (Å²) in [5.41, 5.74) is 1.50. The zero-order valence-corrected chi connectivity index (χ0v) is 10.1. The Hall–Kier alpha value is -1.55. The van der Waals surface area contributed by atoms with Crippen LogP contribution in [0.25, 0.3) is 0 Å². The predicted molar refractivity (Wildman–Crippen MR) is 64.3 cm³/mol. The smallest absolute Gasteiger partial charge is 0.316 e. The molecular formula is C12H12ClNO3. The van der Waals surface area contributed by atoms with Crippen molar-refractivity contribution in [3.63, 3.8) is 0 Å². The summed E-state index contributed by atoms with van der Waals surface area (Å²) in [4.78, 5) is 24.3. The van der Waals surface area contributed by atoms with Gasteiger partial charge in [0.1, 0.15) is 5.92 Å². The quantitative estimate of drug-likeness (QED) is 0.821. The summed E-state index contributed by atoms with van der Waals surface area (Å²) < 4.78 is 0. The van der Waals surface area contributed by atoms with Gasteiger partial charge in [0.15, 0.2) is 0 Å². The molecule has 0 aromatic heterocycles. The normalized spacial score (nSPS) is 19.8. The maximum Gasteiger partial charge on any atom is 0.316 e. The number of halogens is 1. The fourth-order valence-corrected chi connectivity index (χ4v) is 2.21. The molecule has 0 bridgehead atoms. The van der Waals surface area contributed by atoms with Crippen LogP contribution in [0.3, 0.4) is 0 Å². The Morgan fingerprint density at radius 1 is 1.53 bits per heavy atom. The van der Waals surface area contributed by atoms with Gasteiger partial charge in [-0.25, -0.2) is 0 Å². The van der Waals surface area contributed by atoms with Gasteiger partial charge in [0.25, 0.3) is 0 Å². The second-order valence-corrected chi connectivity index (χ2v) is 4.46. The Labute approximate surface area is 104 Å². The number of carboxylic acids is 1.